The third kappa shape index (κ3) is 3.00. The average molecular weight is 268 g/mol. The van der Waals surface area contributed by atoms with E-state index in [0.29, 0.717) is 12.5 Å². The molecule has 0 radical (unpaired) electrons. The molecule has 0 aliphatic carbocycles. The van der Waals surface area contributed by atoms with E-state index in [9.17, 15) is 0 Å². The topological polar surface area (TPSA) is 39.9 Å². The van der Waals surface area contributed by atoms with Gasteiger partial charge in [-0.1, -0.05) is 0 Å². The standard InChI is InChI=1S/C13H18ClN3O/c1-10(2)18-9-8-17-12(5-6-14)16-11-4-3-7-15-13(11)17/h3-4,7,10H,5-6,8-9H2,1-2H3. The molecule has 0 aliphatic rings. The van der Waals surface area contributed by atoms with Crippen LogP contribution < -0.4 is 0 Å². The highest BCUT2D eigenvalue weighted by Gasteiger charge is 2.10. The molecule has 5 heteroatoms. The van der Waals surface area contributed by atoms with E-state index in [2.05, 4.69) is 14.5 Å². The van der Waals surface area contributed by atoms with Crippen LogP contribution in [0.15, 0.2) is 18.3 Å². The fourth-order valence-corrected chi connectivity index (χ4v) is 2.06. The van der Waals surface area contributed by atoms with E-state index in [1.54, 1.807) is 6.20 Å². The van der Waals surface area contributed by atoms with Gasteiger partial charge in [0.2, 0.25) is 0 Å². The van der Waals surface area contributed by atoms with E-state index in [0.717, 1.165) is 30.0 Å². The largest absolute Gasteiger partial charge is 0.377 e. The zero-order chi connectivity index (χ0) is 13.0. The SMILES string of the molecule is CC(C)OCCn1c(CCCl)nc2cccnc21. The number of ether oxygens (including phenoxy) is 1. The van der Waals surface area contributed by atoms with Crippen molar-refractivity contribution in [3.05, 3.63) is 24.2 Å². The first-order chi connectivity index (χ1) is 8.72. The van der Waals surface area contributed by atoms with Gasteiger partial charge < -0.3 is 9.30 Å². The quantitative estimate of drug-likeness (QED) is 0.756. The maximum absolute atomic E-state index is 5.82. The Kier molecular flexibility index (Phi) is 4.55. The van der Waals surface area contributed by atoms with E-state index in [1.165, 1.54) is 0 Å². The summed E-state index contributed by atoms with van der Waals surface area (Å²) in [4.78, 5) is 8.94. The lowest BCUT2D eigenvalue weighted by molar-refractivity contribution is 0.0728. The van der Waals surface area contributed by atoms with E-state index < -0.39 is 0 Å². The molecule has 0 spiro atoms. The minimum atomic E-state index is 0.240. The number of fused-ring (bicyclic) bond motifs is 1. The highest BCUT2D eigenvalue weighted by Crippen LogP contribution is 2.14. The lowest BCUT2D eigenvalue weighted by Gasteiger charge is -2.10. The van der Waals surface area contributed by atoms with Crippen molar-refractivity contribution in [2.24, 2.45) is 0 Å². The van der Waals surface area contributed by atoms with Crippen LogP contribution in [0.3, 0.4) is 0 Å². The maximum atomic E-state index is 5.82. The van der Waals surface area contributed by atoms with Crippen molar-refractivity contribution in [2.45, 2.75) is 32.9 Å². The second kappa shape index (κ2) is 6.16. The molecule has 0 aromatic carbocycles. The molecule has 2 rings (SSSR count). The van der Waals surface area contributed by atoms with Crippen LogP contribution >= 0.6 is 11.6 Å². The summed E-state index contributed by atoms with van der Waals surface area (Å²) < 4.78 is 7.69. The Hall–Kier alpha value is -1.13. The molecule has 0 atom stereocenters. The van der Waals surface area contributed by atoms with Crippen LogP contribution in [0.1, 0.15) is 19.7 Å². The van der Waals surface area contributed by atoms with Crippen LogP contribution in [-0.4, -0.2) is 33.1 Å². The van der Waals surface area contributed by atoms with E-state index in [-0.39, 0.29) is 6.10 Å². The molecule has 0 saturated carbocycles. The first-order valence-corrected chi connectivity index (χ1v) is 6.73. The second-order valence-electron chi connectivity index (χ2n) is 4.38. The minimum Gasteiger partial charge on any atom is -0.377 e. The Balaban J connectivity index is 2.24. The summed E-state index contributed by atoms with van der Waals surface area (Å²) in [5.74, 6) is 1.54. The van der Waals surface area contributed by atoms with Gasteiger partial charge in [-0.3, -0.25) is 0 Å². The lowest BCUT2D eigenvalue weighted by Crippen LogP contribution is -2.13. The minimum absolute atomic E-state index is 0.240. The van der Waals surface area contributed by atoms with Crippen LogP contribution in [0.4, 0.5) is 0 Å². The van der Waals surface area contributed by atoms with Crippen molar-refractivity contribution in [2.75, 3.05) is 12.5 Å². The van der Waals surface area contributed by atoms with Crippen molar-refractivity contribution in [3.8, 4) is 0 Å². The Bertz CT molecular complexity index is 510. The summed E-state index contributed by atoms with van der Waals surface area (Å²) in [7, 11) is 0. The van der Waals surface area contributed by atoms with Crippen LogP contribution in [0, 0.1) is 0 Å². The Labute approximate surface area is 112 Å². The zero-order valence-corrected chi connectivity index (χ0v) is 11.5. The second-order valence-corrected chi connectivity index (χ2v) is 4.76. The van der Waals surface area contributed by atoms with Gasteiger partial charge in [0.25, 0.3) is 0 Å². The van der Waals surface area contributed by atoms with Crippen molar-refractivity contribution in [1.82, 2.24) is 14.5 Å². The maximum Gasteiger partial charge on any atom is 0.160 e. The molecule has 2 aromatic rings. The predicted octanol–water partition coefficient (Wildman–Crippen LogP) is 2.64. The number of hydrogen-bond acceptors (Lipinski definition) is 3. The Morgan fingerprint density at radius 2 is 2.28 bits per heavy atom. The molecule has 2 heterocycles. The summed E-state index contributed by atoms with van der Waals surface area (Å²) >= 11 is 5.82. The van der Waals surface area contributed by atoms with Gasteiger partial charge in [0.15, 0.2) is 5.65 Å². The molecule has 2 aromatic heterocycles. The Morgan fingerprint density at radius 1 is 1.44 bits per heavy atom. The number of alkyl halides is 1. The summed E-state index contributed by atoms with van der Waals surface area (Å²) in [6, 6.07) is 3.87. The molecule has 0 unspecified atom stereocenters. The summed E-state index contributed by atoms with van der Waals surface area (Å²) in [6.07, 6.45) is 2.78. The fourth-order valence-electron chi connectivity index (χ4n) is 1.90. The van der Waals surface area contributed by atoms with Crippen molar-refractivity contribution in [1.29, 1.82) is 0 Å². The van der Waals surface area contributed by atoms with Crippen LogP contribution in [0.5, 0.6) is 0 Å². The van der Waals surface area contributed by atoms with Gasteiger partial charge in [-0.05, 0) is 26.0 Å². The predicted molar refractivity (Wildman–Crippen MR) is 73.0 cm³/mol. The number of pyridine rings is 1. The van der Waals surface area contributed by atoms with Crippen LogP contribution in [-0.2, 0) is 17.7 Å². The van der Waals surface area contributed by atoms with Gasteiger partial charge in [-0.15, -0.1) is 11.6 Å². The third-order valence-corrected chi connectivity index (χ3v) is 2.86. The van der Waals surface area contributed by atoms with E-state index >= 15 is 0 Å². The number of aryl methyl sites for hydroxylation is 1. The van der Waals surface area contributed by atoms with Gasteiger partial charge >= 0.3 is 0 Å². The lowest BCUT2D eigenvalue weighted by atomic mass is 10.4. The molecular formula is C13H18ClN3O. The number of aromatic nitrogens is 3. The zero-order valence-electron chi connectivity index (χ0n) is 10.8. The van der Waals surface area contributed by atoms with Gasteiger partial charge in [0.1, 0.15) is 11.3 Å². The summed E-state index contributed by atoms with van der Waals surface area (Å²) in [5, 5.41) is 0. The molecule has 0 aliphatic heterocycles. The number of hydrogen-bond donors (Lipinski definition) is 0. The van der Waals surface area contributed by atoms with Crippen LogP contribution in [0.2, 0.25) is 0 Å². The summed E-state index contributed by atoms with van der Waals surface area (Å²) in [5.41, 5.74) is 1.83. The third-order valence-electron chi connectivity index (χ3n) is 2.67. The first-order valence-electron chi connectivity index (χ1n) is 6.20. The number of rotatable bonds is 6. The Morgan fingerprint density at radius 3 is 3.00 bits per heavy atom. The molecule has 4 nitrogen and oxygen atoms in total. The van der Waals surface area contributed by atoms with E-state index in [4.69, 9.17) is 16.3 Å². The van der Waals surface area contributed by atoms with Crippen molar-refractivity contribution in [3.63, 3.8) is 0 Å². The summed E-state index contributed by atoms with van der Waals surface area (Å²) in [6.45, 7) is 5.49. The number of nitrogens with zero attached hydrogens (tertiary/aromatic N) is 3. The molecule has 18 heavy (non-hydrogen) atoms. The smallest absolute Gasteiger partial charge is 0.160 e. The normalized spacial score (nSPS) is 11.6. The van der Waals surface area contributed by atoms with Crippen molar-refractivity contribution >= 4 is 22.8 Å². The average Bonchev–Trinajstić information content (AvgIpc) is 2.68. The molecule has 0 amide bonds. The highest BCUT2D eigenvalue weighted by atomic mass is 35.5. The molecule has 0 fully saturated rings. The molecule has 98 valence electrons. The van der Waals surface area contributed by atoms with Gasteiger partial charge in [-0.2, -0.15) is 0 Å². The first kappa shape index (κ1) is 13.3. The molecular weight excluding hydrogens is 250 g/mol. The monoisotopic (exact) mass is 267 g/mol. The van der Waals surface area contributed by atoms with E-state index in [1.807, 2.05) is 26.0 Å². The van der Waals surface area contributed by atoms with Crippen molar-refractivity contribution < 1.29 is 4.74 Å². The molecule has 0 bridgehead atoms. The fraction of sp³-hybridized carbons (Fsp3) is 0.538. The molecule has 0 saturated heterocycles. The van der Waals surface area contributed by atoms with Gasteiger partial charge in [-0.25, -0.2) is 9.97 Å². The van der Waals surface area contributed by atoms with Crippen LogP contribution in [0.25, 0.3) is 11.2 Å². The number of imidazole rings is 1. The van der Waals surface area contributed by atoms with Gasteiger partial charge in [0.05, 0.1) is 12.7 Å². The number of halogens is 1. The highest BCUT2D eigenvalue weighted by molar-refractivity contribution is 6.17. The molecule has 0 N–H and O–H groups in total. The van der Waals surface area contributed by atoms with Gasteiger partial charge in [0, 0.05) is 25.0 Å².